The number of carbonyl (C=O) groups excluding carboxylic acids is 1. The maximum Gasteiger partial charge on any atom is 0.225 e. The fourth-order valence-corrected chi connectivity index (χ4v) is 2.27. The van der Waals surface area contributed by atoms with Gasteiger partial charge in [-0.3, -0.25) is 4.79 Å². The number of hydrogen-bond donors (Lipinski definition) is 1. The molecule has 1 unspecified atom stereocenters. The first-order valence-corrected chi connectivity index (χ1v) is 7.61. The van der Waals surface area contributed by atoms with Crippen LogP contribution < -0.4 is 4.90 Å². The highest BCUT2D eigenvalue weighted by molar-refractivity contribution is 5.76. The van der Waals surface area contributed by atoms with Crippen molar-refractivity contribution in [2.45, 2.75) is 19.4 Å². The number of nitrogens with zero attached hydrogens (tertiary/aromatic N) is 5. The fraction of sp³-hybridized carbons (Fsp3) is 0.600. The number of aromatic nitrogens is 2. The normalized spacial score (nSPS) is 16.0. The van der Waals surface area contributed by atoms with Crippen molar-refractivity contribution >= 4 is 11.9 Å². The van der Waals surface area contributed by atoms with E-state index in [1.165, 1.54) is 12.4 Å². The van der Waals surface area contributed by atoms with Crippen molar-refractivity contribution in [3.8, 4) is 6.07 Å². The minimum absolute atomic E-state index is 0.0518. The van der Waals surface area contributed by atoms with Crippen molar-refractivity contribution in [3.05, 3.63) is 18.0 Å². The average Bonchev–Trinajstić information content (AvgIpc) is 2.58. The molecule has 0 aromatic carbocycles. The summed E-state index contributed by atoms with van der Waals surface area (Å²) in [4.78, 5) is 24.2. The zero-order valence-electron chi connectivity index (χ0n) is 13.2. The van der Waals surface area contributed by atoms with Crippen LogP contribution in [0.15, 0.2) is 12.4 Å². The fourth-order valence-electron chi connectivity index (χ4n) is 2.27. The summed E-state index contributed by atoms with van der Waals surface area (Å²) in [5.74, 6) is 0.632. The number of aliphatic hydroxyl groups excluding tert-OH is 1. The molecule has 1 aromatic heterocycles. The lowest BCUT2D eigenvalue weighted by Crippen LogP contribution is -2.49. The summed E-state index contributed by atoms with van der Waals surface area (Å²) in [7, 11) is 0. The van der Waals surface area contributed by atoms with Gasteiger partial charge in [-0.2, -0.15) is 5.26 Å². The van der Waals surface area contributed by atoms with Crippen LogP contribution in [0.2, 0.25) is 0 Å². The van der Waals surface area contributed by atoms with Gasteiger partial charge in [0, 0.05) is 26.2 Å². The standard InChI is InChI=1S/C15H21N5O3/c1-12(21)11-23-7-2-14(22)19-3-5-20(6-4-19)15-17-9-13(8-16)10-18-15/h9-10,12,21H,2-7,11H2,1H3. The van der Waals surface area contributed by atoms with E-state index in [1.54, 1.807) is 11.8 Å². The molecule has 23 heavy (non-hydrogen) atoms. The van der Waals surface area contributed by atoms with Gasteiger partial charge in [-0.05, 0) is 6.92 Å². The summed E-state index contributed by atoms with van der Waals surface area (Å²) in [5.41, 5.74) is 0.430. The van der Waals surface area contributed by atoms with E-state index in [1.807, 2.05) is 11.0 Å². The molecule has 2 heterocycles. The molecule has 8 nitrogen and oxygen atoms in total. The topological polar surface area (TPSA) is 103 Å². The molecule has 1 amide bonds. The van der Waals surface area contributed by atoms with Crippen LogP contribution in [0, 0.1) is 11.3 Å². The average molecular weight is 319 g/mol. The third-order valence-electron chi connectivity index (χ3n) is 3.50. The predicted molar refractivity (Wildman–Crippen MR) is 82.7 cm³/mol. The molecule has 0 bridgehead atoms. The molecule has 1 aliphatic heterocycles. The van der Waals surface area contributed by atoms with Crippen LogP contribution >= 0.6 is 0 Å². The van der Waals surface area contributed by atoms with E-state index < -0.39 is 6.10 Å². The third kappa shape index (κ3) is 5.16. The molecule has 1 aromatic rings. The Hall–Kier alpha value is -2.24. The molecule has 8 heteroatoms. The summed E-state index contributed by atoms with van der Waals surface area (Å²) >= 11 is 0. The lowest BCUT2D eigenvalue weighted by molar-refractivity contribution is -0.132. The Bertz CT molecular complexity index is 547. The number of hydrogen-bond acceptors (Lipinski definition) is 7. The number of ether oxygens (including phenoxy) is 1. The second kappa shape index (κ2) is 8.41. The van der Waals surface area contributed by atoms with Crippen LogP contribution in [0.4, 0.5) is 5.95 Å². The summed E-state index contributed by atoms with van der Waals surface area (Å²) < 4.78 is 5.21. The van der Waals surface area contributed by atoms with E-state index in [0.29, 0.717) is 50.7 Å². The first-order chi connectivity index (χ1) is 11.1. The van der Waals surface area contributed by atoms with Crippen LogP contribution in [0.3, 0.4) is 0 Å². The smallest absolute Gasteiger partial charge is 0.225 e. The highest BCUT2D eigenvalue weighted by atomic mass is 16.5. The molecule has 1 aliphatic rings. The number of nitriles is 1. The van der Waals surface area contributed by atoms with Gasteiger partial charge in [-0.25, -0.2) is 9.97 Å². The van der Waals surface area contributed by atoms with Crippen LogP contribution in [0.25, 0.3) is 0 Å². The molecule has 1 fully saturated rings. The Morgan fingerprint density at radius 2 is 2.04 bits per heavy atom. The van der Waals surface area contributed by atoms with Gasteiger partial charge in [0.15, 0.2) is 0 Å². The van der Waals surface area contributed by atoms with Crippen molar-refractivity contribution in [3.63, 3.8) is 0 Å². The molecular weight excluding hydrogens is 298 g/mol. The van der Waals surface area contributed by atoms with Gasteiger partial charge in [0.05, 0.1) is 43.7 Å². The maximum atomic E-state index is 12.1. The first kappa shape index (κ1) is 17.1. The Balaban J connectivity index is 1.74. The highest BCUT2D eigenvalue weighted by Gasteiger charge is 2.22. The van der Waals surface area contributed by atoms with Crippen molar-refractivity contribution < 1.29 is 14.6 Å². The molecular formula is C15H21N5O3. The molecule has 1 saturated heterocycles. The molecule has 1 atom stereocenters. The van der Waals surface area contributed by atoms with E-state index in [9.17, 15) is 4.79 Å². The van der Waals surface area contributed by atoms with Crippen molar-refractivity contribution in [2.75, 3.05) is 44.3 Å². The van der Waals surface area contributed by atoms with E-state index >= 15 is 0 Å². The minimum Gasteiger partial charge on any atom is -0.391 e. The molecule has 124 valence electrons. The van der Waals surface area contributed by atoms with Gasteiger partial charge in [0.25, 0.3) is 0 Å². The molecule has 0 aliphatic carbocycles. The Morgan fingerprint density at radius 1 is 1.39 bits per heavy atom. The van der Waals surface area contributed by atoms with Gasteiger partial charge in [-0.15, -0.1) is 0 Å². The zero-order valence-corrected chi connectivity index (χ0v) is 13.2. The van der Waals surface area contributed by atoms with Gasteiger partial charge in [-0.1, -0.05) is 0 Å². The number of piperazine rings is 1. The SMILES string of the molecule is CC(O)COCCC(=O)N1CCN(c2ncc(C#N)cn2)CC1. The van der Waals surface area contributed by atoms with E-state index in [2.05, 4.69) is 9.97 Å². The summed E-state index contributed by atoms with van der Waals surface area (Å²) in [6, 6.07) is 1.99. The largest absolute Gasteiger partial charge is 0.391 e. The second-order valence-electron chi connectivity index (χ2n) is 5.43. The van der Waals surface area contributed by atoms with Gasteiger partial charge < -0.3 is 19.6 Å². The van der Waals surface area contributed by atoms with E-state index in [4.69, 9.17) is 15.1 Å². The predicted octanol–water partition coefficient (Wildman–Crippen LogP) is -0.216. The van der Waals surface area contributed by atoms with Crippen molar-refractivity contribution in [2.24, 2.45) is 0 Å². The van der Waals surface area contributed by atoms with Crippen LogP contribution in [-0.4, -0.2) is 71.4 Å². The van der Waals surface area contributed by atoms with Crippen molar-refractivity contribution in [1.82, 2.24) is 14.9 Å². The monoisotopic (exact) mass is 319 g/mol. The van der Waals surface area contributed by atoms with Gasteiger partial charge in [0.2, 0.25) is 11.9 Å². The van der Waals surface area contributed by atoms with Gasteiger partial charge in [0.1, 0.15) is 6.07 Å². The second-order valence-corrected chi connectivity index (χ2v) is 5.43. The Labute approximate surface area is 135 Å². The Kier molecular flexibility index (Phi) is 6.26. The molecule has 0 saturated carbocycles. The number of aliphatic hydroxyl groups is 1. The van der Waals surface area contributed by atoms with Crippen LogP contribution in [-0.2, 0) is 9.53 Å². The zero-order chi connectivity index (χ0) is 16.7. The minimum atomic E-state index is -0.513. The third-order valence-corrected chi connectivity index (χ3v) is 3.50. The summed E-state index contributed by atoms with van der Waals surface area (Å²) in [6.07, 6.45) is 2.81. The van der Waals surface area contributed by atoms with Crippen molar-refractivity contribution in [1.29, 1.82) is 5.26 Å². The van der Waals surface area contributed by atoms with E-state index in [-0.39, 0.29) is 12.5 Å². The maximum absolute atomic E-state index is 12.1. The van der Waals surface area contributed by atoms with E-state index in [0.717, 1.165) is 0 Å². The Morgan fingerprint density at radius 3 is 2.61 bits per heavy atom. The number of anilines is 1. The lowest BCUT2D eigenvalue weighted by Gasteiger charge is -2.34. The molecule has 0 radical (unpaired) electrons. The van der Waals surface area contributed by atoms with Crippen LogP contribution in [0.1, 0.15) is 18.9 Å². The lowest BCUT2D eigenvalue weighted by atomic mass is 10.3. The number of carbonyl (C=O) groups is 1. The summed E-state index contributed by atoms with van der Waals surface area (Å²) in [6.45, 7) is 4.75. The van der Waals surface area contributed by atoms with Crippen LogP contribution in [0.5, 0.6) is 0 Å². The number of rotatable bonds is 6. The molecule has 1 N–H and O–H groups in total. The molecule has 2 rings (SSSR count). The highest BCUT2D eigenvalue weighted by Crippen LogP contribution is 2.11. The molecule has 0 spiro atoms. The quantitative estimate of drug-likeness (QED) is 0.723. The number of amides is 1. The first-order valence-electron chi connectivity index (χ1n) is 7.61. The summed E-state index contributed by atoms with van der Waals surface area (Å²) in [5, 5.41) is 17.8. The van der Waals surface area contributed by atoms with Gasteiger partial charge >= 0.3 is 0 Å².